The second kappa shape index (κ2) is 11.6. The zero-order valence-corrected chi connectivity index (χ0v) is 27.8. The first-order chi connectivity index (χ1) is 20.8. The molecule has 219 valence electrons. The molecule has 1 radical (unpaired) electrons. The van der Waals surface area contributed by atoms with E-state index >= 15 is 0 Å². The minimum absolute atomic E-state index is 0. The van der Waals surface area contributed by atoms with E-state index < -0.39 is 0 Å². The van der Waals surface area contributed by atoms with Gasteiger partial charge in [-0.05, 0) is 77.1 Å². The van der Waals surface area contributed by atoms with Crippen LogP contribution >= 0.6 is 0 Å². The van der Waals surface area contributed by atoms with Gasteiger partial charge in [-0.15, -0.1) is 47.5 Å². The SMILES string of the molecule is Cc1ccc(-c2[c-]cccc2)nc1.Cc1ccc(-c2[c-]nc3c(c2)c2cc(C(C)(C)C)cc4c5ccccc5n3c42)nc1.[Ir]. The molecule has 0 amide bonds. The Labute approximate surface area is 271 Å². The first kappa shape index (κ1) is 29.6. The Morgan fingerprint density at radius 2 is 1.30 bits per heavy atom. The maximum absolute atomic E-state index is 4.81. The third-order valence-corrected chi connectivity index (χ3v) is 8.03. The molecule has 0 fully saturated rings. The quantitative estimate of drug-likeness (QED) is 0.166. The largest absolute Gasteiger partial charge is 0.335 e. The summed E-state index contributed by atoms with van der Waals surface area (Å²) in [5.41, 5.74) is 11.0. The van der Waals surface area contributed by atoms with Crippen LogP contribution in [0.1, 0.15) is 37.5 Å². The van der Waals surface area contributed by atoms with Crippen molar-refractivity contribution in [3.63, 3.8) is 0 Å². The fourth-order valence-electron chi connectivity index (χ4n) is 5.68. The fourth-order valence-corrected chi connectivity index (χ4v) is 5.68. The summed E-state index contributed by atoms with van der Waals surface area (Å²) >= 11 is 0. The molecule has 0 aliphatic rings. The van der Waals surface area contributed by atoms with Gasteiger partial charge in [0, 0.05) is 48.8 Å². The number of pyridine rings is 3. The summed E-state index contributed by atoms with van der Waals surface area (Å²) in [6, 6.07) is 34.7. The summed E-state index contributed by atoms with van der Waals surface area (Å²) in [5, 5.41) is 4.97. The van der Waals surface area contributed by atoms with E-state index in [-0.39, 0.29) is 25.5 Å². The summed E-state index contributed by atoms with van der Waals surface area (Å²) in [7, 11) is 0. The average molecular weight is 749 g/mol. The Balaban J connectivity index is 0.000000207. The van der Waals surface area contributed by atoms with Crippen molar-refractivity contribution in [2.75, 3.05) is 0 Å². The zero-order chi connectivity index (χ0) is 29.7. The summed E-state index contributed by atoms with van der Waals surface area (Å²) in [5.74, 6) is 0. The molecule has 0 saturated heterocycles. The van der Waals surface area contributed by atoms with E-state index in [4.69, 9.17) is 4.98 Å². The molecule has 8 rings (SSSR count). The van der Waals surface area contributed by atoms with Gasteiger partial charge in [-0.3, -0.25) is 0 Å². The molecular formula is C39H32IrN4-2. The second-order valence-electron chi connectivity index (χ2n) is 12.3. The molecular weight excluding hydrogens is 717 g/mol. The molecule has 0 bridgehead atoms. The Bertz CT molecular complexity index is 2210. The Morgan fingerprint density at radius 1 is 0.659 bits per heavy atom. The van der Waals surface area contributed by atoms with Crippen molar-refractivity contribution in [2.45, 2.75) is 40.0 Å². The monoisotopic (exact) mass is 749 g/mol. The van der Waals surface area contributed by atoms with Crippen molar-refractivity contribution in [3.05, 3.63) is 132 Å². The summed E-state index contributed by atoms with van der Waals surface area (Å²) in [6.07, 6.45) is 7.01. The number of aromatic nitrogens is 4. The molecule has 3 aromatic carbocycles. The van der Waals surface area contributed by atoms with Gasteiger partial charge in [0.1, 0.15) is 0 Å². The number of nitrogens with zero attached hydrogens (tertiary/aromatic N) is 4. The maximum Gasteiger partial charge on any atom is 0.0604 e. The molecule has 5 aromatic heterocycles. The van der Waals surface area contributed by atoms with Crippen LogP contribution in [-0.4, -0.2) is 19.4 Å². The Morgan fingerprint density at radius 3 is 1.91 bits per heavy atom. The van der Waals surface area contributed by atoms with Gasteiger partial charge in [0.2, 0.25) is 0 Å². The molecule has 0 aliphatic heterocycles. The van der Waals surface area contributed by atoms with Crippen LogP contribution in [0.25, 0.3) is 60.7 Å². The summed E-state index contributed by atoms with van der Waals surface area (Å²) < 4.78 is 2.30. The molecule has 5 heteroatoms. The van der Waals surface area contributed by atoms with Crippen LogP contribution in [0.3, 0.4) is 0 Å². The molecule has 0 spiro atoms. The van der Waals surface area contributed by atoms with Crippen LogP contribution in [0, 0.1) is 26.1 Å². The Hall–Kier alpha value is -4.44. The second-order valence-corrected chi connectivity index (χ2v) is 12.3. The van der Waals surface area contributed by atoms with E-state index in [2.05, 4.69) is 109 Å². The Kier molecular flexibility index (Phi) is 7.79. The van der Waals surface area contributed by atoms with Crippen LogP contribution in [-0.2, 0) is 25.5 Å². The molecule has 0 atom stereocenters. The predicted molar refractivity (Wildman–Crippen MR) is 178 cm³/mol. The number of para-hydroxylation sites is 1. The van der Waals surface area contributed by atoms with E-state index in [0.717, 1.165) is 39.1 Å². The van der Waals surface area contributed by atoms with Crippen molar-refractivity contribution in [1.29, 1.82) is 0 Å². The van der Waals surface area contributed by atoms with Crippen molar-refractivity contribution in [2.24, 2.45) is 0 Å². The molecule has 0 N–H and O–H groups in total. The fraction of sp³-hybridized carbons (Fsp3) is 0.154. The first-order valence-electron chi connectivity index (χ1n) is 14.6. The van der Waals surface area contributed by atoms with Crippen molar-refractivity contribution in [1.82, 2.24) is 19.4 Å². The van der Waals surface area contributed by atoms with E-state index in [1.807, 2.05) is 55.7 Å². The third-order valence-electron chi connectivity index (χ3n) is 8.03. The molecule has 44 heavy (non-hydrogen) atoms. The average Bonchev–Trinajstić information content (AvgIpc) is 3.53. The zero-order valence-electron chi connectivity index (χ0n) is 25.4. The number of hydrogen-bond acceptors (Lipinski definition) is 3. The van der Waals surface area contributed by atoms with E-state index in [9.17, 15) is 0 Å². The molecule has 4 nitrogen and oxygen atoms in total. The van der Waals surface area contributed by atoms with E-state index in [1.165, 1.54) is 38.3 Å². The molecule has 0 aliphatic carbocycles. The van der Waals surface area contributed by atoms with Gasteiger partial charge in [-0.25, -0.2) is 0 Å². The predicted octanol–water partition coefficient (Wildman–Crippen LogP) is 9.55. The smallest absolute Gasteiger partial charge is 0.0604 e. The van der Waals surface area contributed by atoms with Crippen molar-refractivity contribution in [3.8, 4) is 22.5 Å². The van der Waals surface area contributed by atoms with Crippen LogP contribution in [0.2, 0.25) is 0 Å². The van der Waals surface area contributed by atoms with Gasteiger partial charge >= 0.3 is 0 Å². The van der Waals surface area contributed by atoms with Gasteiger partial charge in [-0.2, -0.15) is 0 Å². The van der Waals surface area contributed by atoms with Crippen LogP contribution in [0.15, 0.2) is 103 Å². The van der Waals surface area contributed by atoms with Gasteiger partial charge in [0.05, 0.1) is 11.2 Å². The van der Waals surface area contributed by atoms with E-state index in [0.29, 0.717) is 0 Å². The molecule has 8 aromatic rings. The van der Waals surface area contributed by atoms with Crippen LogP contribution in [0.4, 0.5) is 0 Å². The maximum atomic E-state index is 4.81. The summed E-state index contributed by atoms with van der Waals surface area (Å²) in [4.78, 5) is 13.7. The molecule has 0 unspecified atom stereocenters. The van der Waals surface area contributed by atoms with Gasteiger partial charge in [-0.1, -0.05) is 68.6 Å². The summed E-state index contributed by atoms with van der Waals surface area (Å²) in [6.45, 7) is 10.9. The number of benzene rings is 3. The van der Waals surface area contributed by atoms with Crippen LogP contribution in [0.5, 0.6) is 0 Å². The number of aryl methyl sites for hydroxylation is 2. The van der Waals surface area contributed by atoms with Gasteiger partial charge in [0.25, 0.3) is 0 Å². The molecule has 0 saturated carbocycles. The van der Waals surface area contributed by atoms with Crippen LogP contribution < -0.4 is 0 Å². The number of fused-ring (bicyclic) bond motifs is 6. The number of rotatable bonds is 2. The first-order valence-corrected chi connectivity index (χ1v) is 14.6. The van der Waals surface area contributed by atoms with E-state index in [1.54, 1.807) is 0 Å². The van der Waals surface area contributed by atoms with Crippen molar-refractivity contribution < 1.29 is 20.1 Å². The normalized spacial score (nSPS) is 11.6. The molecule has 5 heterocycles. The number of hydrogen-bond donors (Lipinski definition) is 0. The topological polar surface area (TPSA) is 43.1 Å². The minimum atomic E-state index is 0. The third kappa shape index (κ3) is 5.27. The standard InChI is InChI=1S/C27H22N3.C12H10N.Ir/c1-16-9-10-23(28-14-16)17-11-22-21-13-18(27(2,3)4)12-20-19-7-5-6-8-24(19)30(25(20)21)26(22)29-15-17;1-10-7-8-12(13-9-10)11-5-3-2-4-6-11;/h5-14H,1-4H3;2-5,7-9H,1H3;/q2*-1;. The van der Waals surface area contributed by atoms with Crippen molar-refractivity contribution >= 4 is 38.2 Å². The van der Waals surface area contributed by atoms with Gasteiger partial charge in [0.15, 0.2) is 0 Å². The van der Waals surface area contributed by atoms with Gasteiger partial charge < -0.3 is 19.4 Å². The minimum Gasteiger partial charge on any atom is -0.335 e.